The van der Waals surface area contributed by atoms with Gasteiger partial charge in [-0.2, -0.15) is 4.31 Å². The molecular formula is C10H17N2O12P3. The highest BCUT2D eigenvalue weighted by Gasteiger charge is 2.42. The van der Waals surface area contributed by atoms with Crippen molar-refractivity contribution >= 4 is 23.2 Å². The Morgan fingerprint density at radius 1 is 1.19 bits per heavy atom. The van der Waals surface area contributed by atoms with E-state index in [-0.39, 0.29) is 18.4 Å². The molecule has 17 heteroatoms. The number of hydrogen-bond acceptors (Lipinski definition) is 8. The van der Waals surface area contributed by atoms with E-state index in [1.165, 1.54) is 13.1 Å². The third kappa shape index (κ3) is 6.58. The first-order valence-corrected chi connectivity index (χ1v) is 12.1. The molecule has 4 atom stereocenters. The zero-order chi connectivity index (χ0) is 20.6. The Labute approximate surface area is 151 Å². The quantitative estimate of drug-likeness (QED) is 0.345. The minimum Gasteiger partial charge on any atom is -0.354 e. The standard InChI is InChI=1S/C10H17N2O12P3/c1-6-4-12(10(14)11-9(6)13)8-3-2-7(22-8)5-25(15,16)23-27(20,21)24-26(17,18)19/h4,7-8H,2-3,5H2,1H3,(H,15,16)(H,20,21)(H,11,13,14)(H2,17,18,19)/t7-,8+/m0/s1. The first-order valence-electron chi connectivity index (χ1n) is 7.28. The summed E-state index contributed by atoms with van der Waals surface area (Å²) in [7, 11) is -15.8. The van der Waals surface area contributed by atoms with Crippen LogP contribution in [0.3, 0.4) is 0 Å². The lowest BCUT2D eigenvalue weighted by Gasteiger charge is -2.20. The minimum absolute atomic E-state index is 0.165. The summed E-state index contributed by atoms with van der Waals surface area (Å²) in [5.74, 6) is 0. The second kappa shape index (κ2) is 7.84. The highest BCUT2D eigenvalue weighted by molar-refractivity contribution is 7.68. The van der Waals surface area contributed by atoms with Gasteiger partial charge in [0.25, 0.3) is 5.56 Å². The van der Waals surface area contributed by atoms with Crippen molar-refractivity contribution < 1.29 is 46.6 Å². The highest BCUT2D eigenvalue weighted by Crippen LogP contribution is 2.66. The van der Waals surface area contributed by atoms with E-state index < -0.39 is 53.0 Å². The van der Waals surface area contributed by atoms with Gasteiger partial charge in [0.05, 0.1) is 12.3 Å². The van der Waals surface area contributed by atoms with Crippen LogP contribution < -0.4 is 11.2 Å². The van der Waals surface area contributed by atoms with Crippen LogP contribution in [-0.4, -0.2) is 41.4 Å². The molecule has 0 amide bonds. The zero-order valence-electron chi connectivity index (χ0n) is 13.7. The second-order valence-corrected chi connectivity index (χ2v) is 10.6. The van der Waals surface area contributed by atoms with Crippen LogP contribution in [0.15, 0.2) is 15.8 Å². The molecule has 1 fully saturated rings. The second-order valence-electron chi connectivity index (χ2n) is 5.71. The third-order valence-corrected chi connectivity index (χ3v) is 7.81. The van der Waals surface area contributed by atoms with E-state index in [1.807, 2.05) is 0 Å². The number of H-pyrrole nitrogens is 1. The summed E-state index contributed by atoms with van der Waals surface area (Å²) in [6.45, 7) is 1.47. The molecule has 14 nitrogen and oxygen atoms in total. The fraction of sp³-hybridized carbons (Fsp3) is 0.600. The molecule has 0 aromatic carbocycles. The van der Waals surface area contributed by atoms with Crippen LogP contribution in [-0.2, 0) is 27.1 Å². The number of nitrogens with one attached hydrogen (secondary N) is 1. The van der Waals surface area contributed by atoms with Gasteiger partial charge in [0, 0.05) is 11.8 Å². The molecule has 1 aromatic heterocycles. The Bertz CT molecular complexity index is 963. The van der Waals surface area contributed by atoms with Crippen molar-refractivity contribution in [3.8, 4) is 0 Å². The summed E-state index contributed by atoms with van der Waals surface area (Å²) in [4.78, 5) is 61.1. The highest BCUT2D eigenvalue weighted by atomic mass is 31.3. The number of ether oxygens (including phenoxy) is 1. The molecule has 2 rings (SSSR count). The predicted molar refractivity (Wildman–Crippen MR) is 87.9 cm³/mol. The molecule has 2 unspecified atom stereocenters. The zero-order valence-corrected chi connectivity index (χ0v) is 16.4. The average Bonchev–Trinajstić information content (AvgIpc) is 2.85. The summed E-state index contributed by atoms with van der Waals surface area (Å²) in [6, 6.07) is 0. The molecule has 27 heavy (non-hydrogen) atoms. The largest absolute Gasteiger partial charge is 0.488 e. The first-order chi connectivity index (χ1) is 12.2. The monoisotopic (exact) mass is 450 g/mol. The lowest BCUT2D eigenvalue weighted by atomic mass is 10.2. The number of nitrogens with zero attached hydrogens (tertiary/aromatic N) is 1. The molecule has 154 valence electrons. The fourth-order valence-corrected chi connectivity index (χ4v) is 6.23. The van der Waals surface area contributed by atoms with E-state index >= 15 is 0 Å². The van der Waals surface area contributed by atoms with Crippen molar-refractivity contribution in [1.82, 2.24) is 9.55 Å². The van der Waals surface area contributed by atoms with E-state index in [0.29, 0.717) is 0 Å². The Kier molecular flexibility index (Phi) is 6.50. The number of aromatic amines is 1. The van der Waals surface area contributed by atoms with Gasteiger partial charge >= 0.3 is 28.9 Å². The summed E-state index contributed by atoms with van der Waals surface area (Å²) >= 11 is 0. The van der Waals surface area contributed by atoms with Gasteiger partial charge in [-0.25, -0.2) is 18.2 Å². The maximum absolute atomic E-state index is 12.0. The SMILES string of the molecule is Cc1cn([C@H]2CC[C@@H](CP(=O)(O)OP(=O)(O)OP(=O)(O)O)O2)c(=O)[nH]c1=O. The molecule has 0 saturated carbocycles. The lowest BCUT2D eigenvalue weighted by Crippen LogP contribution is -2.33. The molecule has 0 radical (unpaired) electrons. The summed E-state index contributed by atoms with van der Waals surface area (Å²) < 4.78 is 47.9. The van der Waals surface area contributed by atoms with Crippen LogP contribution in [0.1, 0.15) is 24.6 Å². The van der Waals surface area contributed by atoms with E-state index in [4.69, 9.17) is 19.4 Å². The van der Waals surface area contributed by atoms with Crippen LogP contribution in [0.5, 0.6) is 0 Å². The average molecular weight is 450 g/mol. The minimum atomic E-state index is -5.51. The number of hydrogen-bond donors (Lipinski definition) is 5. The Morgan fingerprint density at radius 3 is 2.41 bits per heavy atom. The molecule has 1 aromatic rings. The molecule has 0 spiro atoms. The van der Waals surface area contributed by atoms with Gasteiger partial charge in [-0.3, -0.25) is 18.9 Å². The molecule has 0 aliphatic carbocycles. The molecule has 0 bridgehead atoms. The summed E-state index contributed by atoms with van der Waals surface area (Å²) in [5, 5.41) is 0. The molecular weight excluding hydrogens is 433 g/mol. The fourth-order valence-electron chi connectivity index (χ4n) is 2.43. The van der Waals surface area contributed by atoms with Gasteiger partial charge in [-0.15, -0.1) is 0 Å². The van der Waals surface area contributed by atoms with Crippen LogP contribution in [0.4, 0.5) is 0 Å². The molecule has 1 aliphatic heterocycles. The van der Waals surface area contributed by atoms with E-state index in [0.717, 1.165) is 4.57 Å². The Morgan fingerprint density at radius 2 is 1.81 bits per heavy atom. The van der Waals surface area contributed by atoms with Crippen LogP contribution in [0, 0.1) is 6.92 Å². The maximum atomic E-state index is 12.0. The van der Waals surface area contributed by atoms with Gasteiger partial charge in [0.1, 0.15) is 6.23 Å². The molecule has 5 N–H and O–H groups in total. The van der Waals surface area contributed by atoms with Crippen molar-refractivity contribution in [2.75, 3.05) is 6.16 Å². The van der Waals surface area contributed by atoms with E-state index in [2.05, 4.69) is 13.6 Å². The van der Waals surface area contributed by atoms with Crippen molar-refractivity contribution in [3.63, 3.8) is 0 Å². The first kappa shape index (κ1) is 22.4. The van der Waals surface area contributed by atoms with Gasteiger partial charge in [0.15, 0.2) is 0 Å². The maximum Gasteiger partial charge on any atom is 0.488 e. The normalized spacial score (nSPS) is 25.1. The summed E-state index contributed by atoms with van der Waals surface area (Å²) in [5.41, 5.74) is -1.06. The van der Waals surface area contributed by atoms with Crippen molar-refractivity contribution in [1.29, 1.82) is 0 Å². The van der Waals surface area contributed by atoms with Gasteiger partial charge in [-0.05, 0) is 19.8 Å². The summed E-state index contributed by atoms with van der Waals surface area (Å²) in [6.07, 6.45) is -0.968. The van der Waals surface area contributed by atoms with Crippen LogP contribution in [0.2, 0.25) is 0 Å². The van der Waals surface area contributed by atoms with Gasteiger partial charge in [-0.1, -0.05) is 0 Å². The lowest BCUT2D eigenvalue weighted by molar-refractivity contribution is 0.00757. The van der Waals surface area contributed by atoms with Crippen molar-refractivity contribution in [2.24, 2.45) is 0 Å². The molecule has 2 heterocycles. The number of phosphoric acid groups is 2. The van der Waals surface area contributed by atoms with E-state index in [1.54, 1.807) is 0 Å². The van der Waals surface area contributed by atoms with Crippen LogP contribution >= 0.6 is 23.2 Å². The Hall–Kier alpha value is -0.910. The van der Waals surface area contributed by atoms with Crippen LogP contribution in [0.25, 0.3) is 0 Å². The predicted octanol–water partition coefficient (Wildman–Crippen LogP) is -0.0657. The van der Waals surface area contributed by atoms with Crippen molar-refractivity contribution in [3.05, 3.63) is 32.6 Å². The van der Waals surface area contributed by atoms with Gasteiger partial charge in [0.2, 0.25) is 0 Å². The molecule has 1 aliphatic rings. The van der Waals surface area contributed by atoms with E-state index in [9.17, 15) is 28.2 Å². The Balaban J connectivity index is 2.05. The number of aromatic nitrogens is 2. The number of rotatable bonds is 7. The third-order valence-electron chi connectivity index (χ3n) is 3.42. The number of aryl methyl sites for hydroxylation is 1. The molecule has 1 saturated heterocycles. The topological polar surface area (TPSA) is 215 Å². The van der Waals surface area contributed by atoms with Gasteiger partial charge < -0.3 is 24.3 Å². The smallest absolute Gasteiger partial charge is 0.354 e. The van der Waals surface area contributed by atoms with Crippen molar-refractivity contribution in [2.45, 2.75) is 32.1 Å².